The van der Waals surface area contributed by atoms with Crippen LogP contribution in [-0.4, -0.2) is 73.1 Å². The summed E-state index contributed by atoms with van der Waals surface area (Å²) in [5.74, 6) is -9.91. The van der Waals surface area contributed by atoms with Crippen LogP contribution in [0.2, 0.25) is 0 Å². The lowest BCUT2D eigenvalue weighted by molar-refractivity contribution is -0.154. The van der Waals surface area contributed by atoms with Gasteiger partial charge in [0.05, 0.1) is 17.4 Å². The molecule has 0 spiro atoms. The molecule has 9 N–H and O–H groups in total. The van der Waals surface area contributed by atoms with Gasteiger partial charge in [0.15, 0.2) is 28.6 Å². The summed E-state index contributed by atoms with van der Waals surface area (Å²) < 4.78 is 12.2. The van der Waals surface area contributed by atoms with Crippen LogP contribution in [0.4, 0.5) is 5.69 Å². The summed E-state index contributed by atoms with van der Waals surface area (Å²) in [5, 5.41) is 61.3. The quantitative estimate of drug-likeness (QED) is 0.0652. The zero-order valence-corrected chi connectivity index (χ0v) is 33.1. The minimum atomic E-state index is -2.97. The molecule has 4 aromatic rings. The van der Waals surface area contributed by atoms with Crippen LogP contribution in [0.5, 0.6) is 17.2 Å². The number of hydrogen-bond donors (Lipinski definition) is 8. The van der Waals surface area contributed by atoms with Crippen LogP contribution in [0.15, 0.2) is 114 Å². The van der Waals surface area contributed by atoms with Crippen molar-refractivity contribution in [2.24, 2.45) is 17.6 Å². The Bertz CT molecular complexity index is 2470. The van der Waals surface area contributed by atoms with E-state index in [1.807, 2.05) is 78.9 Å². The smallest absolute Gasteiger partial charge is 0.255 e. The summed E-state index contributed by atoms with van der Waals surface area (Å²) in [4.78, 5) is 65.0. The van der Waals surface area contributed by atoms with E-state index in [0.29, 0.717) is 31.1 Å². The zero-order chi connectivity index (χ0) is 43.6. The Labute approximate surface area is 350 Å². The van der Waals surface area contributed by atoms with Gasteiger partial charge in [-0.3, -0.25) is 24.0 Å². The van der Waals surface area contributed by atoms with Crippen molar-refractivity contribution in [1.29, 1.82) is 0 Å². The van der Waals surface area contributed by atoms with Gasteiger partial charge in [-0.2, -0.15) is 0 Å². The number of Topliss-reactive ketones (excluding diaryl/α,β-unsaturated/α-hetero) is 2. The average Bonchev–Trinajstić information content (AvgIpc) is 3.24. The van der Waals surface area contributed by atoms with E-state index in [0.717, 1.165) is 16.7 Å². The lowest BCUT2D eigenvalue weighted by Gasteiger charge is -2.50. The Morgan fingerprint density at radius 3 is 2.08 bits per heavy atom. The van der Waals surface area contributed by atoms with Gasteiger partial charge >= 0.3 is 0 Å². The second kappa shape index (κ2) is 17.3. The largest absolute Gasteiger partial charge is 0.511 e. The molecule has 0 fully saturated rings. The van der Waals surface area contributed by atoms with Gasteiger partial charge in [-0.25, -0.2) is 0 Å². The van der Waals surface area contributed by atoms with Crippen LogP contribution >= 0.6 is 0 Å². The molecule has 0 aromatic heterocycles. The minimum Gasteiger partial charge on any atom is -0.511 e. The number of aliphatic hydroxyl groups is 4. The number of benzene rings is 4. The van der Waals surface area contributed by atoms with Crippen LogP contribution in [0, 0.1) is 11.8 Å². The monoisotopic (exact) mass is 831 g/mol. The Morgan fingerprint density at radius 2 is 1.44 bits per heavy atom. The lowest BCUT2D eigenvalue weighted by Crippen LogP contribution is -2.62. The van der Waals surface area contributed by atoms with Crippen LogP contribution in [0.1, 0.15) is 64.7 Å². The standard InChI is InChI=1S/C46H45N3O12/c1-24-28-13-14-30(41(54)37(28)42(55)39-36(24)40(53)29-21-31(50)38(45(47)58)43(56)46(29,59)44(39)57)49-35(52)17-16-34(51)48-19-18-25-12-15-32(60-22-26-8-4-2-5-9-26)33(20-25)61-23-27-10-6-3-7-11-27/h2-15,20,24,29,36,40,50,53-54,57,59H,16-19,21-23H2,1H3,(H2,47,58)(H,48,51)(H,49,52)/t24-,29?,36?,40+,46+/m0/s1. The Hall–Kier alpha value is -6.97. The molecule has 5 atom stereocenters. The van der Waals surface area contributed by atoms with E-state index >= 15 is 0 Å². The molecule has 61 heavy (non-hydrogen) atoms. The molecule has 15 nitrogen and oxygen atoms in total. The van der Waals surface area contributed by atoms with Crippen LogP contribution in [0.25, 0.3) is 0 Å². The number of carbonyl (C=O) groups is 5. The van der Waals surface area contributed by atoms with Gasteiger partial charge in [0.1, 0.15) is 30.3 Å². The van der Waals surface area contributed by atoms with E-state index in [1.165, 1.54) is 12.1 Å². The first-order valence-corrected chi connectivity index (χ1v) is 19.7. The molecular weight excluding hydrogens is 787 g/mol. The number of ether oxygens (including phenoxy) is 2. The van der Waals surface area contributed by atoms with Crippen LogP contribution in [0.3, 0.4) is 0 Å². The molecule has 3 amide bonds. The molecule has 0 saturated heterocycles. The molecule has 7 rings (SSSR count). The van der Waals surface area contributed by atoms with Crippen molar-refractivity contribution in [3.63, 3.8) is 0 Å². The topological polar surface area (TPSA) is 255 Å². The lowest BCUT2D eigenvalue weighted by atomic mass is 9.56. The Balaban J connectivity index is 0.975. The number of rotatable bonds is 14. The molecule has 0 aliphatic heterocycles. The van der Waals surface area contributed by atoms with Crippen molar-refractivity contribution >= 4 is 35.0 Å². The number of phenolic OH excluding ortho intramolecular Hbond substituents is 1. The highest BCUT2D eigenvalue weighted by molar-refractivity contribution is 6.24. The third-order valence-corrected chi connectivity index (χ3v) is 11.6. The third-order valence-electron chi connectivity index (χ3n) is 11.6. The fraction of sp³-hybridized carbons (Fsp3) is 0.283. The van der Waals surface area contributed by atoms with Crippen molar-refractivity contribution < 1.29 is 59.0 Å². The van der Waals surface area contributed by atoms with Gasteiger partial charge in [-0.05, 0) is 52.8 Å². The molecule has 15 heteroatoms. The number of hydrogen-bond acceptors (Lipinski definition) is 12. The fourth-order valence-electron chi connectivity index (χ4n) is 8.38. The SMILES string of the molecule is C[C@H]1c2ccc(NC(=O)CCC(=O)NCCc3ccc(OCc4ccccc4)c(OCc4ccccc4)c3)c(O)c2C(=O)C2=C(O)[C@]3(O)C(=O)C(C(N)=O)=C(O)CC3[C@@H](O)C21. The maximum absolute atomic E-state index is 14.0. The van der Waals surface area contributed by atoms with Gasteiger partial charge in [0, 0.05) is 43.2 Å². The molecule has 0 heterocycles. The van der Waals surface area contributed by atoms with Crippen molar-refractivity contribution in [3.8, 4) is 17.2 Å². The second-order valence-electron chi connectivity index (χ2n) is 15.4. The Morgan fingerprint density at radius 1 is 0.820 bits per heavy atom. The number of anilines is 1. The van der Waals surface area contributed by atoms with E-state index in [-0.39, 0.29) is 36.2 Å². The number of ketones is 2. The third kappa shape index (κ3) is 8.17. The highest BCUT2D eigenvalue weighted by atomic mass is 16.5. The van der Waals surface area contributed by atoms with Crippen molar-refractivity contribution in [2.45, 2.75) is 63.4 Å². The van der Waals surface area contributed by atoms with Gasteiger partial charge in [0.2, 0.25) is 17.6 Å². The number of fused-ring (bicyclic) bond motifs is 3. The first kappa shape index (κ1) is 42.2. The summed E-state index contributed by atoms with van der Waals surface area (Å²) in [6.07, 6.45) is -2.29. The molecule has 2 unspecified atom stereocenters. The number of aliphatic hydroxyl groups excluding tert-OH is 3. The van der Waals surface area contributed by atoms with Gasteiger partial charge in [-0.1, -0.05) is 79.7 Å². The van der Waals surface area contributed by atoms with E-state index in [9.17, 15) is 49.5 Å². The highest BCUT2D eigenvalue weighted by Gasteiger charge is 2.64. The summed E-state index contributed by atoms with van der Waals surface area (Å²) >= 11 is 0. The number of nitrogens with one attached hydrogen (secondary N) is 2. The van der Waals surface area contributed by atoms with Gasteiger partial charge in [-0.15, -0.1) is 0 Å². The summed E-state index contributed by atoms with van der Waals surface area (Å²) in [6, 6.07) is 27.8. The summed E-state index contributed by atoms with van der Waals surface area (Å²) in [6.45, 7) is 2.53. The van der Waals surface area contributed by atoms with Crippen LogP contribution < -0.4 is 25.8 Å². The van der Waals surface area contributed by atoms with Gasteiger partial charge < -0.3 is 51.4 Å². The minimum absolute atomic E-state index is 0.185. The first-order chi connectivity index (χ1) is 29.2. The highest BCUT2D eigenvalue weighted by Crippen LogP contribution is 2.55. The van der Waals surface area contributed by atoms with Crippen molar-refractivity contribution in [3.05, 3.63) is 141 Å². The molecule has 3 aliphatic carbocycles. The summed E-state index contributed by atoms with van der Waals surface area (Å²) in [5.41, 5.74) is 3.32. The predicted molar refractivity (Wildman–Crippen MR) is 219 cm³/mol. The molecule has 3 aliphatic rings. The molecule has 0 saturated carbocycles. The molecule has 316 valence electrons. The second-order valence-corrected chi connectivity index (χ2v) is 15.4. The maximum Gasteiger partial charge on any atom is 0.255 e. The number of carbonyl (C=O) groups excluding carboxylic acids is 5. The summed E-state index contributed by atoms with van der Waals surface area (Å²) in [7, 11) is 0. The number of phenols is 1. The zero-order valence-electron chi connectivity index (χ0n) is 33.1. The van der Waals surface area contributed by atoms with E-state index < -0.39 is 93.6 Å². The van der Waals surface area contributed by atoms with Crippen molar-refractivity contribution in [2.75, 3.05) is 11.9 Å². The average molecular weight is 832 g/mol. The first-order valence-electron chi connectivity index (χ1n) is 19.7. The molecular formula is C46H45N3O12. The maximum atomic E-state index is 14.0. The number of nitrogens with two attached hydrogens (primary N) is 1. The van der Waals surface area contributed by atoms with Gasteiger partial charge in [0.25, 0.3) is 5.91 Å². The van der Waals surface area contributed by atoms with E-state index in [4.69, 9.17) is 15.2 Å². The van der Waals surface area contributed by atoms with E-state index in [1.54, 1.807) is 6.92 Å². The fourth-order valence-corrected chi connectivity index (χ4v) is 8.38. The van der Waals surface area contributed by atoms with E-state index in [2.05, 4.69) is 10.6 Å². The number of primary amides is 1. The van der Waals surface area contributed by atoms with Crippen LogP contribution in [-0.2, 0) is 38.8 Å². The number of aromatic hydroxyl groups is 1. The molecule has 0 bridgehead atoms. The molecule has 0 radical (unpaired) electrons. The Kier molecular flexibility index (Phi) is 12.0. The normalized spacial score (nSPS) is 21.8. The van der Waals surface area contributed by atoms with Crippen molar-refractivity contribution in [1.82, 2.24) is 5.32 Å². The predicted octanol–water partition coefficient (Wildman–Crippen LogP) is 4.35. The number of amides is 3. The number of allylic oxidation sites excluding steroid dienone is 1. The molecule has 4 aromatic carbocycles.